The van der Waals surface area contributed by atoms with Gasteiger partial charge >= 0.3 is 0 Å². The Balaban J connectivity index is 2.21. The predicted octanol–water partition coefficient (Wildman–Crippen LogP) is 3.36. The molecule has 1 aromatic heterocycles. The first-order valence-electron chi connectivity index (χ1n) is 6.41. The normalized spacial score (nSPS) is 10.7. The first-order chi connectivity index (χ1) is 9.68. The van der Waals surface area contributed by atoms with Gasteiger partial charge in [-0.25, -0.2) is 0 Å². The molecule has 3 heteroatoms. The van der Waals surface area contributed by atoms with Crippen molar-refractivity contribution in [2.45, 2.75) is 6.92 Å². The number of ketones is 1. The maximum absolute atomic E-state index is 12.8. The van der Waals surface area contributed by atoms with E-state index in [-0.39, 0.29) is 5.78 Å². The van der Waals surface area contributed by atoms with Gasteiger partial charge in [0.05, 0.1) is 0 Å². The molecule has 0 aliphatic carbocycles. The number of benzene rings is 2. The van der Waals surface area contributed by atoms with Gasteiger partial charge in [0, 0.05) is 34.6 Å². The molecule has 0 unspecified atom stereocenters. The Morgan fingerprint density at radius 1 is 1.05 bits per heavy atom. The van der Waals surface area contributed by atoms with E-state index in [0.717, 1.165) is 16.3 Å². The standard InChI is InChI=1S/C17H14N2O/c1-11-13(5-3-7-16(11)18)17(20)15-6-2-4-12-10-19-9-8-14(12)15/h2-10H,18H2,1H3. The summed E-state index contributed by atoms with van der Waals surface area (Å²) in [4.78, 5) is 16.8. The minimum atomic E-state index is -0.00778. The Kier molecular flexibility index (Phi) is 2.95. The van der Waals surface area contributed by atoms with Gasteiger partial charge in [0.2, 0.25) is 0 Å². The number of hydrogen-bond acceptors (Lipinski definition) is 3. The minimum Gasteiger partial charge on any atom is -0.398 e. The molecular formula is C17H14N2O. The molecule has 0 radical (unpaired) electrons. The molecule has 3 rings (SSSR count). The smallest absolute Gasteiger partial charge is 0.193 e. The summed E-state index contributed by atoms with van der Waals surface area (Å²) in [6, 6.07) is 13.0. The number of carbonyl (C=O) groups is 1. The lowest BCUT2D eigenvalue weighted by Crippen LogP contribution is -2.06. The van der Waals surface area contributed by atoms with E-state index in [1.54, 1.807) is 18.5 Å². The van der Waals surface area contributed by atoms with Gasteiger partial charge in [0.15, 0.2) is 5.78 Å². The molecule has 3 aromatic rings. The average Bonchev–Trinajstić information content (AvgIpc) is 2.49. The number of aromatic nitrogens is 1. The third-order valence-electron chi connectivity index (χ3n) is 3.55. The van der Waals surface area contributed by atoms with E-state index in [2.05, 4.69) is 4.98 Å². The van der Waals surface area contributed by atoms with E-state index >= 15 is 0 Å². The minimum absolute atomic E-state index is 0.00778. The quantitative estimate of drug-likeness (QED) is 0.569. The van der Waals surface area contributed by atoms with Crippen LogP contribution in [0.1, 0.15) is 21.5 Å². The fourth-order valence-electron chi connectivity index (χ4n) is 2.37. The molecule has 0 fully saturated rings. The Labute approximate surface area is 117 Å². The molecule has 0 spiro atoms. The number of carbonyl (C=O) groups excluding carboxylic acids is 1. The topological polar surface area (TPSA) is 56.0 Å². The summed E-state index contributed by atoms with van der Waals surface area (Å²) in [6.07, 6.45) is 3.46. The van der Waals surface area contributed by atoms with Gasteiger partial charge in [-0.1, -0.05) is 30.3 Å². The third kappa shape index (κ3) is 1.93. The summed E-state index contributed by atoms with van der Waals surface area (Å²) < 4.78 is 0. The third-order valence-corrected chi connectivity index (χ3v) is 3.55. The Bertz CT molecular complexity index is 804. The van der Waals surface area contributed by atoms with Crippen molar-refractivity contribution in [3.63, 3.8) is 0 Å². The summed E-state index contributed by atoms with van der Waals surface area (Å²) >= 11 is 0. The van der Waals surface area contributed by atoms with Crippen molar-refractivity contribution in [1.29, 1.82) is 0 Å². The Morgan fingerprint density at radius 3 is 2.65 bits per heavy atom. The van der Waals surface area contributed by atoms with Gasteiger partial charge in [0.1, 0.15) is 0 Å². The SMILES string of the molecule is Cc1c(N)cccc1C(=O)c1cccc2cnccc12. The van der Waals surface area contributed by atoms with Gasteiger partial charge in [-0.15, -0.1) is 0 Å². The van der Waals surface area contributed by atoms with Crippen LogP contribution in [0.5, 0.6) is 0 Å². The van der Waals surface area contributed by atoms with E-state index in [9.17, 15) is 4.79 Å². The van der Waals surface area contributed by atoms with Crippen LogP contribution in [-0.2, 0) is 0 Å². The fourth-order valence-corrected chi connectivity index (χ4v) is 2.37. The van der Waals surface area contributed by atoms with E-state index in [0.29, 0.717) is 16.8 Å². The van der Waals surface area contributed by atoms with Crippen LogP contribution < -0.4 is 5.73 Å². The molecule has 3 nitrogen and oxygen atoms in total. The van der Waals surface area contributed by atoms with Gasteiger partial charge in [0.25, 0.3) is 0 Å². The van der Waals surface area contributed by atoms with Crippen molar-refractivity contribution in [1.82, 2.24) is 4.98 Å². The van der Waals surface area contributed by atoms with E-state index < -0.39 is 0 Å². The summed E-state index contributed by atoms with van der Waals surface area (Å²) in [5.74, 6) is -0.00778. The summed E-state index contributed by atoms with van der Waals surface area (Å²) in [5, 5.41) is 1.87. The molecule has 0 bridgehead atoms. The predicted molar refractivity (Wildman–Crippen MR) is 80.8 cm³/mol. The van der Waals surface area contributed by atoms with E-state index in [4.69, 9.17) is 5.73 Å². The maximum atomic E-state index is 12.8. The lowest BCUT2D eigenvalue weighted by Gasteiger charge is -2.09. The van der Waals surface area contributed by atoms with Gasteiger partial charge in [-0.3, -0.25) is 9.78 Å². The molecule has 0 amide bonds. The molecule has 2 aromatic carbocycles. The Hall–Kier alpha value is -2.68. The molecule has 0 aliphatic rings. The summed E-state index contributed by atoms with van der Waals surface area (Å²) in [7, 11) is 0. The summed E-state index contributed by atoms with van der Waals surface area (Å²) in [5.41, 5.74) is 8.67. The lowest BCUT2D eigenvalue weighted by atomic mass is 9.95. The number of nitrogens with zero attached hydrogens (tertiary/aromatic N) is 1. The van der Waals surface area contributed by atoms with Gasteiger partial charge in [-0.05, 0) is 30.0 Å². The van der Waals surface area contributed by atoms with Crippen LogP contribution >= 0.6 is 0 Å². The van der Waals surface area contributed by atoms with Crippen molar-refractivity contribution in [2.75, 3.05) is 5.73 Å². The number of fused-ring (bicyclic) bond motifs is 1. The highest BCUT2D eigenvalue weighted by molar-refractivity contribution is 6.17. The van der Waals surface area contributed by atoms with Crippen LogP contribution in [0.2, 0.25) is 0 Å². The largest absolute Gasteiger partial charge is 0.398 e. The first-order valence-corrected chi connectivity index (χ1v) is 6.41. The highest BCUT2D eigenvalue weighted by atomic mass is 16.1. The number of nitrogen functional groups attached to an aromatic ring is 1. The zero-order chi connectivity index (χ0) is 14.1. The summed E-state index contributed by atoms with van der Waals surface area (Å²) in [6.45, 7) is 1.87. The zero-order valence-corrected chi connectivity index (χ0v) is 11.1. The van der Waals surface area contributed by atoms with E-state index in [1.807, 2.05) is 43.3 Å². The number of hydrogen-bond donors (Lipinski definition) is 1. The highest BCUT2D eigenvalue weighted by Gasteiger charge is 2.15. The van der Waals surface area contributed by atoms with Crippen LogP contribution in [0.3, 0.4) is 0 Å². The molecule has 98 valence electrons. The molecule has 0 saturated carbocycles. The lowest BCUT2D eigenvalue weighted by molar-refractivity contribution is 0.104. The van der Waals surface area contributed by atoms with E-state index in [1.165, 1.54) is 0 Å². The number of pyridine rings is 1. The molecule has 1 heterocycles. The second-order valence-corrected chi connectivity index (χ2v) is 4.75. The van der Waals surface area contributed by atoms with Crippen molar-refractivity contribution in [2.24, 2.45) is 0 Å². The molecule has 0 aliphatic heterocycles. The molecule has 0 atom stereocenters. The van der Waals surface area contributed by atoms with Crippen molar-refractivity contribution < 1.29 is 4.79 Å². The maximum Gasteiger partial charge on any atom is 0.193 e. The molecule has 20 heavy (non-hydrogen) atoms. The highest BCUT2D eigenvalue weighted by Crippen LogP contribution is 2.24. The second-order valence-electron chi connectivity index (χ2n) is 4.75. The van der Waals surface area contributed by atoms with Gasteiger partial charge < -0.3 is 5.73 Å². The van der Waals surface area contributed by atoms with Gasteiger partial charge in [-0.2, -0.15) is 0 Å². The monoisotopic (exact) mass is 262 g/mol. The first kappa shape index (κ1) is 12.4. The van der Waals surface area contributed by atoms with Crippen LogP contribution in [0.4, 0.5) is 5.69 Å². The van der Waals surface area contributed by atoms with Crippen LogP contribution in [0.25, 0.3) is 10.8 Å². The fraction of sp³-hybridized carbons (Fsp3) is 0.0588. The second kappa shape index (κ2) is 4.78. The van der Waals surface area contributed by atoms with Crippen molar-refractivity contribution in [3.05, 3.63) is 71.5 Å². The molecule has 2 N–H and O–H groups in total. The number of anilines is 1. The molecular weight excluding hydrogens is 248 g/mol. The average molecular weight is 262 g/mol. The van der Waals surface area contributed by atoms with Crippen molar-refractivity contribution >= 4 is 22.2 Å². The van der Waals surface area contributed by atoms with Crippen molar-refractivity contribution in [3.8, 4) is 0 Å². The molecule has 0 saturated heterocycles. The number of nitrogens with two attached hydrogens (primary N) is 1. The van der Waals surface area contributed by atoms with Crippen LogP contribution in [0.15, 0.2) is 54.9 Å². The zero-order valence-electron chi connectivity index (χ0n) is 11.1. The van der Waals surface area contributed by atoms with Crippen LogP contribution in [-0.4, -0.2) is 10.8 Å². The van der Waals surface area contributed by atoms with Crippen LogP contribution in [0, 0.1) is 6.92 Å². The number of rotatable bonds is 2. The Morgan fingerprint density at radius 2 is 1.80 bits per heavy atom.